The number of thiazole rings is 1. The van der Waals surface area contributed by atoms with Crippen LogP contribution in [0.1, 0.15) is 16.5 Å². The number of hydrogen-bond acceptors (Lipinski definition) is 7. The van der Waals surface area contributed by atoms with Crippen molar-refractivity contribution >= 4 is 55.5 Å². The fraction of sp³-hybridized carbons (Fsp3) is 0.0476. The first-order valence-electron chi connectivity index (χ1n) is 8.96. The third kappa shape index (κ3) is 3.11. The molecule has 0 saturated carbocycles. The molecule has 4 aromatic rings. The number of aliphatic hydroxyl groups excluding tert-OH is 1. The van der Waals surface area contributed by atoms with Crippen LogP contribution < -0.4 is 4.90 Å². The summed E-state index contributed by atoms with van der Waals surface area (Å²) in [6.45, 7) is 0. The number of nitrogens with zero attached hydrogens (tertiary/aromatic N) is 3. The predicted molar refractivity (Wildman–Crippen MR) is 113 cm³/mol. The van der Waals surface area contributed by atoms with Gasteiger partial charge in [0.2, 0.25) is 0 Å². The Hall–Kier alpha value is -3.50. The number of aromatic nitrogens is 2. The Kier molecular flexibility index (Phi) is 4.60. The Balaban J connectivity index is 1.73. The highest BCUT2D eigenvalue weighted by Crippen LogP contribution is 2.45. The number of rotatable bonds is 3. The van der Waals surface area contributed by atoms with Crippen LogP contribution in [-0.2, 0) is 9.59 Å². The van der Waals surface area contributed by atoms with E-state index in [0.717, 1.165) is 22.3 Å². The van der Waals surface area contributed by atoms with E-state index in [1.165, 1.54) is 35.9 Å². The maximum Gasteiger partial charge on any atom is 0.301 e. The molecule has 5 rings (SSSR count). The largest absolute Gasteiger partial charge is 0.507 e. The molecule has 4 heterocycles. The number of thiophene rings is 1. The van der Waals surface area contributed by atoms with Crippen molar-refractivity contribution in [3.63, 3.8) is 0 Å². The van der Waals surface area contributed by atoms with E-state index < -0.39 is 29.4 Å². The van der Waals surface area contributed by atoms with Crippen molar-refractivity contribution < 1.29 is 23.5 Å². The second kappa shape index (κ2) is 7.33. The lowest BCUT2D eigenvalue weighted by Crippen LogP contribution is -2.28. The van der Waals surface area contributed by atoms with Crippen molar-refractivity contribution in [2.75, 3.05) is 4.90 Å². The monoisotopic (exact) mass is 455 g/mol. The minimum absolute atomic E-state index is 0.0359. The van der Waals surface area contributed by atoms with Crippen molar-refractivity contribution in [1.29, 1.82) is 0 Å². The predicted octanol–water partition coefficient (Wildman–Crippen LogP) is 4.66. The minimum Gasteiger partial charge on any atom is -0.507 e. The van der Waals surface area contributed by atoms with E-state index in [9.17, 15) is 23.5 Å². The maximum atomic E-state index is 14.2. The molecule has 0 radical (unpaired) electrons. The zero-order valence-corrected chi connectivity index (χ0v) is 17.1. The number of ketones is 1. The average molecular weight is 455 g/mol. The number of Topliss-reactive ketones (excluding diaryl/α,β-unsaturated/α-hetero) is 1. The number of amides is 1. The zero-order chi connectivity index (χ0) is 21.7. The van der Waals surface area contributed by atoms with Crippen LogP contribution in [0.3, 0.4) is 0 Å². The number of aliphatic hydroxyl groups is 1. The molecule has 0 bridgehead atoms. The van der Waals surface area contributed by atoms with Gasteiger partial charge in [0, 0.05) is 28.9 Å². The lowest BCUT2D eigenvalue weighted by Gasteiger charge is -2.21. The third-order valence-electron chi connectivity index (χ3n) is 4.82. The Morgan fingerprint density at radius 3 is 2.61 bits per heavy atom. The van der Waals surface area contributed by atoms with Gasteiger partial charge in [-0.05, 0) is 29.6 Å². The third-order valence-corrected chi connectivity index (χ3v) is 6.75. The molecule has 1 amide bonds. The summed E-state index contributed by atoms with van der Waals surface area (Å²) in [5.74, 6) is -3.78. The first-order chi connectivity index (χ1) is 15.0. The van der Waals surface area contributed by atoms with Crippen LogP contribution in [0.2, 0.25) is 0 Å². The topological polar surface area (TPSA) is 83.4 Å². The molecule has 1 aliphatic heterocycles. The number of benzene rings is 1. The SMILES string of the molecule is O=C1C(=O)N(c2nc3c(F)cc(F)cc3s2)C(c2cccs2)/C1=C(\O)c1ccncc1. The van der Waals surface area contributed by atoms with Crippen LogP contribution in [-0.4, -0.2) is 26.8 Å². The first kappa shape index (κ1) is 19.5. The molecule has 0 aliphatic carbocycles. The van der Waals surface area contributed by atoms with Gasteiger partial charge >= 0.3 is 5.91 Å². The van der Waals surface area contributed by atoms with Gasteiger partial charge in [-0.15, -0.1) is 11.3 Å². The molecule has 10 heteroatoms. The molecule has 6 nitrogen and oxygen atoms in total. The fourth-order valence-electron chi connectivity index (χ4n) is 3.46. The molecule has 1 saturated heterocycles. The highest BCUT2D eigenvalue weighted by molar-refractivity contribution is 7.22. The number of anilines is 1. The summed E-state index contributed by atoms with van der Waals surface area (Å²) < 4.78 is 28.0. The fourth-order valence-corrected chi connectivity index (χ4v) is 5.31. The Bertz CT molecular complexity index is 1370. The molecule has 1 atom stereocenters. The quantitative estimate of drug-likeness (QED) is 0.276. The molecule has 31 heavy (non-hydrogen) atoms. The summed E-state index contributed by atoms with van der Waals surface area (Å²) in [6, 6.07) is 7.38. The van der Waals surface area contributed by atoms with Crippen LogP contribution in [0.4, 0.5) is 13.9 Å². The van der Waals surface area contributed by atoms with Gasteiger partial charge in [0.15, 0.2) is 10.9 Å². The van der Waals surface area contributed by atoms with Crippen molar-refractivity contribution in [1.82, 2.24) is 9.97 Å². The normalized spacial score (nSPS) is 18.3. The number of fused-ring (bicyclic) bond motifs is 1. The lowest BCUT2D eigenvalue weighted by atomic mass is 10.0. The van der Waals surface area contributed by atoms with Crippen molar-refractivity contribution in [2.45, 2.75) is 6.04 Å². The summed E-state index contributed by atoms with van der Waals surface area (Å²) in [4.78, 5) is 35.8. The number of halogens is 2. The standard InChI is InChI=1S/C21H11F2N3O3S2/c22-11-8-12(23)16-14(9-11)31-21(25-16)26-17(13-2-1-7-30-13)15(19(28)20(26)29)18(27)10-3-5-24-6-4-10/h1-9,17,27H/b18-15+. The van der Waals surface area contributed by atoms with Gasteiger partial charge in [0.05, 0.1) is 10.3 Å². The highest BCUT2D eigenvalue weighted by atomic mass is 32.1. The average Bonchev–Trinajstić information content (AvgIpc) is 3.47. The number of pyridine rings is 1. The molecule has 154 valence electrons. The van der Waals surface area contributed by atoms with E-state index in [0.29, 0.717) is 16.5 Å². The molecule has 1 aliphatic rings. The lowest BCUT2D eigenvalue weighted by molar-refractivity contribution is -0.132. The van der Waals surface area contributed by atoms with Crippen molar-refractivity contribution in [2.24, 2.45) is 0 Å². The molecule has 3 aromatic heterocycles. The van der Waals surface area contributed by atoms with E-state index in [1.807, 2.05) is 0 Å². The second-order valence-corrected chi connectivity index (χ2v) is 8.64. The van der Waals surface area contributed by atoms with Gasteiger partial charge in [-0.25, -0.2) is 13.8 Å². The van der Waals surface area contributed by atoms with Gasteiger partial charge in [0.1, 0.15) is 23.1 Å². The number of hydrogen-bond donors (Lipinski definition) is 1. The van der Waals surface area contributed by atoms with Crippen LogP contribution in [0.5, 0.6) is 0 Å². The van der Waals surface area contributed by atoms with Crippen molar-refractivity contribution in [3.8, 4) is 0 Å². The van der Waals surface area contributed by atoms with Crippen LogP contribution >= 0.6 is 22.7 Å². The zero-order valence-electron chi connectivity index (χ0n) is 15.5. The number of carbonyl (C=O) groups is 2. The molecule has 1 N–H and O–H groups in total. The Morgan fingerprint density at radius 2 is 1.90 bits per heavy atom. The van der Waals surface area contributed by atoms with Gasteiger partial charge < -0.3 is 5.11 Å². The molecule has 1 unspecified atom stereocenters. The van der Waals surface area contributed by atoms with Crippen LogP contribution in [0.25, 0.3) is 16.0 Å². The molecular formula is C21H11F2N3O3S2. The van der Waals surface area contributed by atoms with Gasteiger partial charge in [-0.2, -0.15) is 0 Å². The summed E-state index contributed by atoms with van der Waals surface area (Å²) >= 11 is 2.18. The van der Waals surface area contributed by atoms with E-state index in [4.69, 9.17) is 0 Å². The van der Waals surface area contributed by atoms with Crippen molar-refractivity contribution in [3.05, 3.63) is 81.8 Å². The van der Waals surface area contributed by atoms with Gasteiger partial charge in [-0.3, -0.25) is 19.5 Å². The van der Waals surface area contributed by atoms with Gasteiger partial charge in [-0.1, -0.05) is 17.4 Å². The summed E-state index contributed by atoms with van der Waals surface area (Å²) in [6.07, 6.45) is 2.91. The van der Waals surface area contributed by atoms with E-state index in [2.05, 4.69) is 9.97 Å². The minimum atomic E-state index is -0.957. The Labute approximate surface area is 181 Å². The van der Waals surface area contributed by atoms with E-state index in [1.54, 1.807) is 17.5 Å². The van der Waals surface area contributed by atoms with E-state index >= 15 is 0 Å². The van der Waals surface area contributed by atoms with Gasteiger partial charge in [0.25, 0.3) is 5.78 Å². The molecule has 1 aromatic carbocycles. The Morgan fingerprint density at radius 1 is 1.13 bits per heavy atom. The summed E-state index contributed by atoms with van der Waals surface area (Å²) in [7, 11) is 0. The van der Waals surface area contributed by atoms with Crippen LogP contribution in [0.15, 0.2) is 59.7 Å². The van der Waals surface area contributed by atoms with Crippen LogP contribution in [0, 0.1) is 11.6 Å². The smallest absolute Gasteiger partial charge is 0.301 e. The summed E-state index contributed by atoms with van der Waals surface area (Å²) in [5.41, 5.74) is 0.124. The number of carbonyl (C=O) groups excluding carboxylic acids is 2. The summed E-state index contributed by atoms with van der Waals surface area (Å²) in [5, 5.41) is 12.7. The maximum absolute atomic E-state index is 14.2. The molecule has 1 fully saturated rings. The molecular weight excluding hydrogens is 444 g/mol. The second-order valence-electron chi connectivity index (χ2n) is 6.65. The first-order valence-corrected chi connectivity index (χ1v) is 10.7. The van der Waals surface area contributed by atoms with E-state index in [-0.39, 0.29) is 26.7 Å². The molecule has 0 spiro atoms. The highest BCUT2D eigenvalue weighted by Gasteiger charge is 2.48.